The second-order valence-corrected chi connectivity index (χ2v) is 10.4. The van der Waals surface area contributed by atoms with Crippen molar-refractivity contribution in [3.8, 4) is 0 Å². The molecule has 0 unspecified atom stereocenters. The van der Waals surface area contributed by atoms with Gasteiger partial charge in [0, 0.05) is 16.7 Å². The van der Waals surface area contributed by atoms with Crippen LogP contribution in [0.1, 0.15) is 20.8 Å². The average molecular weight is 290 g/mol. The molecule has 2 aromatic rings. The summed E-state index contributed by atoms with van der Waals surface area (Å²) in [5.74, 6) is 0.851. The molecule has 2 nitrogen and oxygen atoms in total. The first-order valence-corrected chi connectivity index (χ1v) is 9.09. The number of rotatable bonds is 3. The van der Waals surface area contributed by atoms with E-state index >= 15 is 0 Å². The quantitative estimate of drug-likeness (QED) is 0.865. The average Bonchev–Trinajstić information content (AvgIpc) is 2.39. The zero-order valence-electron chi connectivity index (χ0n) is 11.5. The second-order valence-electron chi connectivity index (χ2n) is 5.44. The lowest BCUT2D eigenvalue weighted by atomic mass is 10.3. The third kappa shape index (κ3) is 3.05. The lowest BCUT2D eigenvalue weighted by Gasteiger charge is -2.36. The summed E-state index contributed by atoms with van der Waals surface area (Å²) in [4.78, 5) is 4.35. The molecule has 0 radical (unpaired) electrons. The molecule has 0 bridgehead atoms. The second kappa shape index (κ2) is 5.44. The molecule has 1 aromatic carbocycles. The minimum Gasteiger partial charge on any atom is -0.338 e. The van der Waals surface area contributed by atoms with Crippen LogP contribution < -0.4 is 10.4 Å². The number of hydrogen-bond donors (Lipinski definition) is 1. The first-order chi connectivity index (χ1) is 8.93. The van der Waals surface area contributed by atoms with E-state index in [1.165, 1.54) is 5.30 Å². The summed E-state index contributed by atoms with van der Waals surface area (Å²) in [6, 6.07) is 16.2. The van der Waals surface area contributed by atoms with Gasteiger partial charge in [0.15, 0.2) is 0 Å². The molecular formula is C15H19N2PS. The molecule has 1 N–H and O–H groups in total. The Balaban J connectivity index is 2.46. The van der Waals surface area contributed by atoms with E-state index in [-0.39, 0.29) is 5.16 Å². The number of nitrogens with zero attached hydrogens (tertiary/aromatic N) is 1. The number of pyridine rings is 1. The summed E-state index contributed by atoms with van der Waals surface area (Å²) in [5.41, 5.74) is 0. The van der Waals surface area contributed by atoms with E-state index in [9.17, 15) is 0 Å². The van der Waals surface area contributed by atoms with Crippen LogP contribution in [0.5, 0.6) is 0 Å². The van der Waals surface area contributed by atoms with Crippen molar-refractivity contribution in [3.05, 3.63) is 54.7 Å². The predicted molar refractivity (Wildman–Crippen MR) is 88.0 cm³/mol. The Morgan fingerprint density at radius 2 is 1.63 bits per heavy atom. The molecule has 0 saturated heterocycles. The molecule has 1 heterocycles. The number of benzene rings is 1. The summed E-state index contributed by atoms with van der Waals surface area (Å²) in [7, 11) is 0. The van der Waals surface area contributed by atoms with Gasteiger partial charge < -0.3 is 5.09 Å². The van der Waals surface area contributed by atoms with Crippen molar-refractivity contribution in [1.29, 1.82) is 0 Å². The van der Waals surface area contributed by atoms with Crippen molar-refractivity contribution < 1.29 is 0 Å². The van der Waals surface area contributed by atoms with E-state index in [0.29, 0.717) is 0 Å². The molecule has 0 aliphatic carbocycles. The van der Waals surface area contributed by atoms with E-state index in [0.717, 1.165) is 5.82 Å². The summed E-state index contributed by atoms with van der Waals surface area (Å²) in [6.45, 7) is 6.57. The smallest absolute Gasteiger partial charge is 0.129 e. The minimum absolute atomic E-state index is 0.0127. The van der Waals surface area contributed by atoms with Gasteiger partial charge in [-0.05, 0) is 12.1 Å². The van der Waals surface area contributed by atoms with Crippen LogP contribution in [0.25, 0.3) is 0 Å². The zero-order valence-corrected chi connectivity index (χ0v) is 13.2. The van der Waals surface area contributed by atoms with Gasteiger partial charge in [-0.3, -0.25) is 0 Å². The molecule has 100 valence electrons. The van der Waals surface area contributed by atoms with Crippen molar-refractivity contribution in [1.82, 2.24) is 4.98 Å². The molecule has 0 aliphatic rings. The predicted octanol–water partition coefficient (Wildman–Crippen LogP) is 4.01. The zero-order chi connectivity index (χ0) is 13.9. The highest BCUT2D eigenvalue weighted by Crippen LogP contribution is 2.56. The molecule has 1 aromatic heterocycles. The van der Waals surface area contributed by atoms with Crippen LogP contribution in [0.15, 0.2) is 54.7 Å². The summed E-state index contributed by atoms with van der Waals surface area (Å²) >= 11 is 6.05. The largest absolute Gasteiger partial charge is 0.338 e. The van der Waals surface area contributed by atoms with Crippen molar-refractivity contribution >= 4 is 29.1 Å². The molecule has 0 amide bonds. The van der Waals surface area contributed by atoms with Crippen LogP contribution in [-0.2, 0) is 11.8 Å². The number of nitrogens with one attached hydrogen (secondary N) is 1. The molecule has 1 atom stereocenters. The van der Waals surface area contributed by atoms with Gasteiger partial charge in [0.2, 0.25) is 0 Å². The Bertz CT molecular complexity index is 576. The highest BCUT2D eigenvalue weighted by atomic mass is 32.4. The van der Waals surface area contributed by atoms with Gasteiger partial charge in [0.1, 0.15) is 5.82 Å². The Morgan fingerprint density at radius 1 is 1.00 bits per heavy atom. The normalized spacial score (nSPS) is 14.7. The molecule has 0 saturated carbocycles. The number of anilines is 1. The Kier molecular flexibility index (Phi) is 4.07. The van der Waals surface area contributed by atoms with Gasteiger partial charge in [-0.2, -0.15) is 0 Å². The molecule has 0 spiro atoms. The van der Waals surface area contributed by atoms with Gasteiger partial charge in [0.05, 0.1) is 6.19 Å². The molecule has 4 heteroatoms. The van der Waals surface area contributed by atoms with Crippen molar-refractivity contribution in [2.24, 2.45) is 0 Å². The molecule has 0 aliphatic heterocycles. The van der Waals surface area contributed by atoms with E-state index in [1.54, 1.807) is 6.20 Å². The molecular weight excluding hydrogens is 271 g/mol. The fourth-order valence-electron chi connectivity index (χ4n) is 1.85. The monoisotopic (exact) mass is 290 g/mol. The highest BCUT2D eigenvalue weighted by Gasteiger charge is 2.33. The standard InChI is InChI=1S/C15H19N2PS/c1-15(2,3)18(19,13-9-5-4-6-10-13)17-14-11-7-8-12-16-14/h4-12H,1-3H3,(H,16,17,19)/t18-/m0/s1. The van der Waals surface area contributed by atoms with Gasteiger partial charge in [-0.15, -0.1) is 0 Å². The van der Waals surface area contributed by atoms with Crippen molar-refractivity contribution in [2.75, 3.05) is 5.09 Å². The highest BCUT2D eigenvalue weighted by molar-refractivity contribution is 8.19. The number of hydrogen-bond acceptors (Lipinski definition) is 2. The lowest BCUT2D eigenvalue weighted by Crippen LogP contribution is -2.27. The fourth-order valence-corrected chi connectivity index (χ4v) is 4.78. The summed E-state index contributed by atoms with van der Waals surface area (Å²) < 4.78 is 0. The van der Waals surface area contributed by atoms with Crippen molar-refractivity contribution in [2.45, 2.75) is 25.9 Å². The SMILES string of the molecule is CC(C)(C)[P@](=S)(Nc1ccccn1)c1ccccc1. The van der Waals surface area contributed by atoms with Crippen LogP contribution in [-0.4, -0.2) is 10.1 Å². The summed E-state index contributed by atoms with van der Waals surface area (Å²) in [5, 5.41) is 4.71. The van der Waals surface area contributed by atoms with Crippen LogP contribution in [0.2, 0.25) is 0 Å². The van der Waals surface area contributed by atoms with Crippen LogP contribution in [0, 0.1) is 0 Å². The van der Waals surface area contributed by atoms with Gasteiger partial charge in [-0.1, -0.05) is 69.0 Å². The van der Waals surface area contributed by atoms with Crippen molar-refractivity contribution in [3.63, 3.8) is 0 Å². The maximum Gasteiger partial charge on any atom is 0.129 e. The Labute approximate surface area is 120 Å². The Hall–Kier alpha value is -1.18. The third-order valence-corrected chi connectivity index (χ3v) is 9.01. The van der Waals surface area contributed by atoms with E-state index in [2.05, 4.69) is 43.0 Å². The third-order valence-electron chi connectivity index (χ3n) is 3.00. The maximum absolute atomic E-state index is 6.05. The van der Waals surface area contributed by atoms with Gasteiger partial charge in [0.25, 0.3) is 0 Å². The maximum atomic E-state index is 6.05. The van der Waals surface area contributed by atoms with Gasteiger partial charge in [-0.25, -0.2) is 4.98 Å². The lowest BCUT2D eigenvalue weighted by molar-refractivity contribution is 0.788. The Morgan fingerprint density at radius 3 is 2.16 bits per heavy atom. The topological polar surface area (TPSA) is 24.9 Å². The van der Waals surface area contributed by atoms with Crippen LogP contribution >= 0.6 is 6.19 Å². The van der Waals surface area contributed by atoms with E-state index < -0.39 is 6.19 Å². The first-order valence-electron chi connectivity index (χ1n) is 6.28. The fraction of sp³-hybridized carbons (Fsp3) is 0.267. The molecule has 2 rings (SSSR count). The van der Waals surface area contributed by atoms with E-state index in [4.69, 9.17) is 11.8 Å². The first kappa shape index (κ1) is 14.2. The van der Waals surface area contributed by atoms with Gasteiger partial charge >= 0.3 is 0 Å². The molecule has 0 fully saturated rings. The van der Waals surface area contributed by atoms with Crippen LogP contribution in [0.4, 0.5) is 5.82 Å². The minimum atomic E-state index is -1.96. The number of aromatic nitrogens is 1. The van der Waals surface area contributed by atoms with Crippen LogP contribution in [0.3, 0.4) is 0 Å². The summed E-state index contributed by atoms with van der Waals surface area (Å²) in [6.07, 6.45) is -0.169. The van der Waals surface area contributed by atoms with E-state index in [1.807, 2.05) is 36.4 Å². The molecule has 19 heavy (non-hydrogen) atoms.